The zero-order valence-corrected chi connectivity index (χ0v) is 8.04. The predicted molar refractivity (Wildman–Crippen MR) is 49.6 cm³/mol. The number of hydrogen-bond acceptors (Lipinski definition) is 4. The van der Waals surface area contributed by atoms with Crippen molar-refractivity contribution in [1.29, 1.82) is 0 Å². The second-order valence-corrected chi connectivity index (χ2v) is 2.81. The molecule has 0 unspecified atom stereocenters. The predicted octanol–water partition coefficient (Wildman–Crippen LogP) is 1.18. The Morgan fingerprint density at radius 3 is 2.92 bits per heavy atom. The van der Waals surface area contributed by atoms with Crippen LogP contribution >= 0.6 is 11.6 Å². The van der Waals surface area contributed by atoms with Crippen LogP contribution in [0.4, 0.5) is 0 Å². The molecule has 0 spiro atoms. The summed E-state index contributed by atoms with van der Waals surface area (Å²) >= 11 is 5.68. The number of ether oxygens (including phenoxy) is 1. The van der Waals surface area contributed by atoms with Gasteiger partial charge in [0, 0.05) is 12.0 Å². The number of rotatable bonds is 4. The van der Waals surface area contributed by atoms with Crippen LogP contribution in [0.3, 0.4) is 0 Å². The normalized spacial score (nSPS) is 10.1. The van der Waals surface area contributed by atoms with Gasteiger partial charge in [0.1, 0.15) is 5.15 Å². The van der Waals surface area contributed by atoms with Crippen LogP contribution in [-0.4, -0.2) is 18.7 Å². The van der Waals surface area contributed by atoms with E-state index in [1.807, 2.05) is 6.07 Å². The molecule has 1 heterocycles. The van der Waals surface area contributed by atoms with Crippen molar-refractivity contribution in [1.82, 2.24) is 4.98 Å². The number of aromatic nitrogens is 1. The first-order valence-corrected chi connectivity index (χ1v) is 4.17. The molecule has 5 heteroatoms. The van der Waals surface area contributed by atoms with Crippen LogP contribution in [0.25, 0.3) is 0 Å². The largest absolute Gasteiger partial charge is 0.481 e. The highest BCUT2D eigenvalue weighted by Crippen LogP contribution is 2.18. The molecule has 0 saturated heterocycles. The Labute approximate surface area is 81.6 Å². The Bertz CT molecular complexity index is 281. The zero-order valence-electron chi connectivity index (χ0n) is 7.29. The maximum atomic E-state index is 5.68. The SMILES string of the molecule is COc1nc(Cl)ccc1CCON. The number of nitrogens with two attached hydrogens (primary N) is 1. The molecule has 1 aromatic heterocycles. The number of nitrogens with zero attached hydrogens (tertiary/aromatic N) is 1. The van der Waals surface area contributed by atoms with Gasteiger partial charge in [0.05, 0.1) is 13.7 Å². The van der Waals surface area contributed by atoms with Crippen LogP contribution in [0.2, 0.25) is 5.15 Å². The van der Waals surface area contributed by atoms with E-state index in [2.05, 4.69) is 9.82 Å². The smallest absolute Gasteiger partial charge is 0.217 e. The zero-order chi connectivity index (χ0) is 9.68. The minimum absolute atomic E-state index is 0.411. The molecule has 13 heavy (non-hydrogen) atoms. The van der Waals surface area contributed by atoms with Crippen molar-refractivity contribution >= 4 is 11.6 Å². The van der Waals surface area contributed by atoms with Crippen LogP contribution in [0, 0.1) is 0 Å². The van der Waals surface area contributed by atoms with Crippen LogP contribution in [-0.2, 0) is 11.3 Å². The molecule has 0 saturated carbocycles. The number of methoxy groups -OCH3 is 1. The van der Waals surface area contributed by atoms with Gasteiger partial charge in [-0.2, -0.15) is 0 Å². The van der Waals surface area contributed by atoms with Gasteiger partial charge in [-0.05, 0) is 6.07 Å². The number of hydrogen-bond donors (Lipinski definition) is 1. The van der Waals surface area contributed by atoms with Gasteiger partial charge in [-0.3, -0.25) is 0 Å². The Morgan fingerprint density at radius 2 is 2.31 bits per heavy atom. The van der Waals surface area contributed by atoms with Crippen molar-refractivity contribution in [3.63, 3.8) is 0 Å². The van der Waals surface area contributed by atoms with Crippen molar-refractivity contribution in [3.05, 3.63) is 22.8 Å². The van der Waals surface area contributed by atoms with E-state index in [9.17, 15) is 0 Å². The molecule has 0 aliphatic heterocycles. The summed E-state index contributed by atoms with van der Waals surface area (Å²) in [6, 6.07) is 3.54. The van der Waals surface area contributed by atoms with E-state index in [4.69, 9.17) is 22.2 Å². The molecule has 0 atom stereocenters. The topological polar surface area (TPSA) is 57.4 Å². The second kappa shape index (κ2) is 5.01. The van der Waals surface area contributed by atoms with Crippen LogP contribution in [0.1, 0.15) is 5.56 Å². The minimum atomic E-state index is 0.411. The fraction of sp³-hybridized carbons (Fsp3) is 0.375. The van der Waals surface area contributed by atoms with Gasteiger partial charge in [0.25, 0.3) is 0 Å². The second-order valence-electron chi connectivity index (χ2n) is 2.42. The first-order valence-electron chi connectivity index (χ1n) is 3.79. The average molecular weight is 203 g/mol. The lowest BCUT2D eigenvalue weighted by molar-refractivity contribution is 0.140. The molecule has 0 bridgehead atoms. The third-order valence-electron chi connectivity index (χ3n) is 1.59. The molecule has 2 N–H and O–H groups in total. The van der Waals surface area contributed by atoms with Gasteiger partial charge < -0.3 is 9.57 Å². The molecule has 0 aliphatic carbocycles. The first kappa shape index (κ1) is 10.2. The Morgan fingerprint density at radius 1 is 1.54 bits per heavy atom. The lowest BCUT2D eigenvalue weighted by atomic mass is 10.2. The van der Waals surface area contributed by atoms with Gasteiger partial charge in [0.2, 0.25) is 5.88 Å². The molecular weight excluding hydrogens is 192 g/mol. The van der Waals surface area contributed by atoms with Crippen molar-refractivity contribution < 1.29 is 9.57 Å². The number of pyridine rings is 1. The van der Waals surface area contributed by atoms with E-state index in [0.717, 1.165) is 5.56 Å². The first-order chi connectivity index (χ1) is 6.27. The third-order valence-corrected chi connectivity index (χ3v) is 1.80. The summed E-state index contributed by atoms with van der Waals surface area (Å²) in [5.74, 6) is 5.43. The standard InChI is InChI=1S/C8H11ClN2O2/c1-12-8-6(4-5-13-10)2-3-7(9)11-8/h2-3H,4-5,10H2,1H3. The summed E-state index contributed by atoms with van der Waals surface area (Å²) < 4.78 is 5.03. The Kier molecular flexibility index (Phi) is 3.95. The number of halogens is 1. The Hall–Kier alpha value is -0.840. The maximum Gasteiger partial charge on any atom is 0.217 e. The fourth-order valence-corrected chi connectivity index (χ4v) is 1.12. The van der Waals surface area contributed by atoms with E-state index in [1.54, 1.807) is 13.2 Å². The summed E-state index contributed by atoms with van der Waals surface area (Å²) in [6.07, 6.45) is 0.657. The lowest BCUT2D eigenvalue weighted by Gasteiger charge is -2.06. The van der Waals surface area contributed by atoms with Crippen molar-refractivity contribution in [2.75, 3.05) is 13.7 Å². The summed E-state index contributed by atoms with van der Waals surface area (Å²) in [5.41, 5.74) is 0.928. The van der Waals surface area contributed by atoms with E-state index < -0.39 is 0 Å². The average Bonchev–Trinajstić information content (AvgIpc) is 2.16. The molecule has 0 aromatic carbocycles. The summed E-state index contributed by atoms with van der Waals surface area (Å²) in [7, 11) is 1.55. The van der Waals surface area contributed by atoms with Gasteiger partial charge in [-0.15, -0.1) is 0 Å². The third kappa shape index (κ3) is 2.84. The van der Waals surface area contributed by atoms with Crippen molar-refractivity contribution in [3.8, 4) is 5.88 Å². The summed E-state index contributed by atoms with van der Waals surface area (Å²) in [6.45, 7) is 0.430. The molecule has 0 fully saturated rings. The summed E-state index contributed by atoms with van der Waals surface area (Å²) in [4.78, 5) is 8.45. The Balaban J connectivity index is 2.79. The molecule has 4 nitrogen and oxygen atoms in total. The molecule has 0 amide bonds. The van der Waals surface area contributed by atoms with Crippen molar-refractivity contribution in [2.24, 2.45) is 5.90 Å². The quantitative estimate of drug-likeness (QED) is 0.589. The van der Waals surface area contributed by atoms with Crippen LogP contribution < -0.4 is 10.6 Å². The van der Waals surface area contributed by atoms with Gasteiger partial charge in [-0.1, -0.05) is 17.7 Å². The van der Waals surface area contributed by atoms with E-state index in [-0.39, 0.29) is 0 Å². The highest BCUT2D eigenvalue weighted by molar-refractivity contribution is 6.29. The van der Waals surface area contributed by atoms with E-state index in [1.165, 1.54) is 0 Å². The molecule has 0 radical (unpaired) electrons. The van der Waals surface area contributed by atoms with Crippen LogP contribution in [0.5, 0.6) is 5.88 Å². The van der Waals surface area contributed by atoms with Gasteiger partial charge in [0.15, 0.2) is 0 Å². The van der Waals surface area contributed by atoms with Crippen LogP contribution in [0.15, 0.2) is 12.1 Å². The van der Waals surface area contributed by atoms with Gasteiger partial charge >= 0.3 is 0 Å². The monoisotopic (exact) mass is 202 g/mol. The highest BCUT2D eigenvalue weighted by atomic mass is 35.5. The minimum Gasteiger partial charge on any atom is -0.481 e. The fourth-order valence-electron chi connectivity index (χ4n) is 0.983. The molecule has 72 valence electrons. The highest BCUT2D eigenvalue weighted by Gasteiger charge is 2.04. The molecular formula is C8H11ClN2O2. The van der Waals surface area contributed by atoms with Crippen molar-refractivity contribution in [2.45, 2.75) is 6.42 Å². The molecule has 1 rings (SSSR count). The lowest BCUT2D eigenvalue weighted by Crippen LogP contribution is -2.05. The van der Waals surface area contributed by atoms with E-state index >= 15 is 0 Å². The maximum absolute atomic E-state index is 5.68. The molecule has 0 aliphatic rings. The van der Waals surface area contributed by atoms with Gasteiger partial charge in [-0.25, -0.2) is 10.9 Å². The van der Waals surface area contributed by atoms with E-state index in [0.29, 0.717) is 24.1 Å². The summed E-state index contributed by atoms with van der Waals surface area (Å²) in [5, 5.41) is 0.411. The molecule has 1 aromatic rings.